The third-order valence-corrected chi connectivity index (χ3v) is 3.45. The molecular formula is C10H10INO. The number of ketones is 1. The second-order valence-electron chi connectivity index (χ2n) is 3.29. The van der Waals surface area contributed by atoms with E-state index < -0.39 is 0 Å². The predicted octanol–water partition coefficient (Wildman–Crippen LogP) is 1.89. The summed E-state index contributed by atoms with van der Waals surface area (Å²) in [5.41, 5.74) is 3.22. The number of carbonyl (C=O) groups excluding carboxylic acids is 1. The van der Waals surface area contributed by atoms with Gasteiger partial charge in [-0.15, -0.1) is 0 Å². The average molecular weight is 287 g/mol. The fraction of sp³-hybridized carbons (Fsp3) is 0.300. The summed E-state index contributed by atoms with van der Waals surface area (Å²) in [5, 5.41) is 3.08. The molecule has 0 saturated carbocycles. The molecule has 13 heavy (non-hydrogen) atoms. The first-order valence-corrected chi connectivity index (χ1v) is 5.29. The summed E-state index contributed by atoms with van der Waals surface area (Å²) in [4.78, 5) is 11.5. The van der Waals surface area contributed by atoms with Gasteiger partial charge in [0.25, 0.3) is 0 Å². The Balaban J connectivity index is 2.58. The van der Waals surface area contributed by atoms with E-state index in [1.54, 1.807) is 0 Å². The van der Waals surface area contributed by atoms with Crippen molar-refractivity contribution in [3.63, 3.8) is 0 Å². The number of rotatable bonds is 0. The van der Waals surface area contributed by atoms with Crippen molar-refractivity contribution in [1.82, 2.24) is 5.32 Å². The highest BCUT2D eigenvalue weighted by atomic mass is 127. The van der Waals surface area contributed by atoms with Gasteiger partial charge in [0, 0.05) is 15.7 Å². The van der Waals surface area contributed by atoms with E-state index in [1.165, 1.54) is 9.13 Å². The Morgan fingerprint density at radius 2 is 2.15 bits per heavy atom. The molecule has 1 aromatic carbocycles. The minimum atomic E-state index is 0.209. The first-order chi connectivity index (χ1) is 6.18. The van der Waals surface area contributed by atoms with E-state index in [4.69, 9.17) is 0 Å². The van der Waals surface area contributed by atoms with Crippen LogP contribution < -0.4 is 5.32 Å². The van der Waals surface area contributed by atoms with Crippen LogP contribution in [0.4, 0.5) is 0 Å². The lowest BCUT2D eigenvalue weighted by Crippen LogP contribution is -2.29. The third kappa shape index (κ3) is 1.62. The minimum absolute atomic E-state index is 0.209. The van der Waals surface area contributed by atoms with Crippen LogP contribution >= 0.6 is 22.6 Å². The molecule has 1 aliphatic heterocycles. The van der Waals surface area contributed by atoms with E-state index in [1.807, 2.05) is 13.0 Å². The normalized spacial score (nSPS) is 15.7. The van der Waals surface area contributed by atoms with Crippen LogP contribution in [0.3, 0.4) is 0 Å². The van der Waals surface area contributed by atoms with Gasteiger partial charge in [-0.05, 0) is 52.8 Å². The second kappa shape index (κ2) is 3.38. The smallest absolute Gasteiger partial charge is 0.176 e. The van der Waals surface area contributed by atoms with E-state index in [9.17, 15) is 4.79 Å². The van der Waals surface area contributed by atoms with Crippen LogP contribution in [0.5, 0.6) is 0 Å². The van der Waals surface area contributed by atoms with Crippen molar-refractivity contribution < 1.29 is 4.79 Å². The molecule has 0 unspecified atom stereocenters. The molecule has 68 valence electrons. The van der Waals surface area contributed by atoms with Crippen LogP contribution in [0.2, 0.25) is 0 Å². The van der Waals surface area contributed by atoms with Gasteiger partial charge in [0.05, 0.1) is 6.54 Å². The Bertz CT molecular complexity index is 373. The van der Waals surface area contributed by atoms with Crippen molar-refractivity contribution in [1.29, 1.82) is 0 Å². The molecule has 0 bridgehead atoms. The molecule has 2 rings (SSSR count). The van der Waals surface area contributed by atoms with Gasteiger partial charge < -0.3 is 5.32 Å². The molecule has 0 amide bonds. The summed E-state index contributed by atoms with van der Waals surface area (Å²) >= 11 is 2.30. The monoisotopic (exact) mass is 287 g/mol. The number of Topliss-reactive ketones (excluding diaryl/α,β-unsaturated/α-hetero) is 1. The topological polar surface area (TPSA) is 29.1 Å². The zero-order chi connectivity index (χ0) is 9.42. The third-order valence-electron chi connectivity index (χ3n) is 2.29. The summed E-state index contributed by atoms with van der Waals surface area (Å²) in [6.45, 7) is 3.34. The largest absolute Gasteiger partial charge is 0.306 e. The Morgan fingerprint density at radius 1 is 1.38 bits per heavy atom. The quantitative estimate of drug-likeness (QED) is 0.738. The molecule has 1 heterocycles. The number of benzene rings is 1. The molecule has 0 atom stereocenters. The molecule has 1 aromatic rings. The number of fused-ring (bicyclic) bond motifs is 1. The summed E-state index contributed by atoms with van der Waals surface area (Å²) in [6, 6.07) is 4.09. The van der Waals surface area contributed by atoms with Crippen LogP contribution in [0.25, 0.3) is 0 Å². The van der Waals surface area contributed by atoms with Gasteiger partial charge in [-0.1, -0.05) is 0 Å². The van der Waals surface area contributed by atoms with Gasteiger partial charge in [-0.3, -0.25) is 4.79 Å². The molecule has 0 saturated heterocycles. The van der Waals surface area contributed by atoms with Gasteiger partial charge in [-0.2, -0.15) is 0 Å². The van der Waals surface area contributed by atoms with Crippen LogP contribution in [0, 0.1) is 10.5 Å². The lowest BCUT2D eigenvalue weighted by molar-refractivity contribution is 0.0982. The highest BCUT2D eigenvalue weighted by molar-refractivity contribution is 14.1. The first kappa shape index (κ1) is 9.15. The van der Waals surface area contributed by atoms with Crippen molar-refractivity contribution in [3.05, 3.63) is 32.4 Å². The Morgan fingerprint density at radius 3 is 2.92 bits per heavy atom. The molecule has 0 fully saturated rings. The minimum Gasteiger partial charge on any atom is -0.306 e. The summed E-state index contributed by atoms with van der Waals surface area (Å²) in [6.07, 6.45) is 0. The lowest BCUT2D eigenvalue weighted by Gasteiger charge is -2.17. The molecule has 2 nitrogen and oxygen atoms in total. The molecule has 0 aromatic heterocycles. The zero-order valence-electron chi connectivity index (χ0n) is 7.36. The number of halogens is 1. The standard InChI is InChI=1S/C10H10INO/c1-6-2-8-7(3-9(6)11)4-12-5-10(8)13/h2-3,12H,4-5H2,1H3. The van der Waals surface area contributed by atoms with Crippen molar-refractivity contribution >= 4 is 28.4 Å². The molecule has 3 heteroatoms. The predicted molar refractivity (Wildman–Crippen MR) is 59.9 cm³/mol. The SMILES string of the molecule is Cc1cc2c(cc1I)CNCC2=O. The Kier molecular flexibility index (Phi) is 2.38. The number of carbonyl (C=O) groups is 1. The fourth-order valence-electron chi connectivity index (χ4n) is 1.53. The van der Waals surface area contributed by atoms with Crippen LogP contribution in [0.15, 0.2) is 12.1 Å². The summed E-state index contributed by atoms with van der Waals surface area (Å²) in [7, 11) is 0. The van der Waals surface area contributed by atoms with Gasteiger partial charge in [0.1, 0.15) is 0 Å². The van der Waals surface area contributed by atoms with E-state index in [0.29, 0.717) is 6.54 Å². The maximum Gasteiger partial charge on any atom is 0.176 e. The van der Waals surface area contributed by atoms with Crippen molar-refractivity contribution in [2.45, 2.75) is 13.5 Å². The molecular weight excluding hydrogens is 277 g/mol. The van der Waals surface area contributed by atoms with Crippen LogP contribution in [-0.2, 0) is 6.54 Å². The van der Waals surface area contributed by atoms with Crippen LogP contribution in [-0.4, -0.2) is 12.3 Å². The van der Waals surface area contributed by atoms with Gasteiger partial charge in [0.15, 0.2) is 5.78 Å². The zero-order valence-corrected chi connectivity index (χ0v) is 9.51. The van der Waals surface area contributed by atoms with E-state index in [0.717, 1.165) is 17.7 Å². The number of hydrogen-bond donors (Lipinski definition) is 1. The first-order valence-electron chi connectivity index (χ1n) is 4.21. The van der Waals surface area contributed by atoms with E-state index >= 15 is 0 Å². The van der Waals surface area contributed by atoms with Crippen LogP contribution in [0.1, 0.15) is 21.5 Å². The van der Waals surface area contributed by atoms with Crippen molar-refractivity contribution in [2.75, 3.05) is 6.54 Å². The molecule has 0 aliphatic carbocycles. The van der Waals surface area contributed by atoms with E-state index in [-0.39, 0.29) is 5.78 Å². The highest BCUT2D eigenvalue weighted by Crippen LogP contribution is 2.20. The summed E-state index contributed by atoms with van der Waals surface area (Å²) < 4.78 is 1.23. The maximum atomic E-state index is 11.5. The average Bonchev–Trinajstić information content (AvgIpc) is 2.09. The number of hydrogen-bond acceptors (Lipinski definition) is 2. The van der Waals surface area contributed by atoms with Crippen molar-refractivity contribution in [3.8, 4) is 0 Å². The lowest BCUT2D eigenvalue weighted by atomic mass is 9.98. The van der Waals surface area contributed by atoms with Crippen molar-refractivity contribution in [2.24, 2.45) is 0 Å². The van der Waals surface area contributed by atoms with Gasteiger partial charge in [-0.25, -0.2) is 0 Å². The Hall–Kier alpha value is -0.420. The van der Waals surface area contributed by atoms with E-state index in [2.05, 4.69) is 34.0 Å². The Labute approximate surface area is 90.9 Å². The van der Waals surface area contributed by atoms with Gasteiger partial charge >= 0.3 is 0 Å². The molecule has 0 spiro atoms. The maximum absolute atomic E-state index is 11.5. The molecule has 1 aliphatic rings. The molecule has 1 N–H and O–H groups in total. The van der Waals surface area contributed by atoms with Gasteiger partial charge in [0.2, 0.25) is 0 Å². The highest BCUT2D eigenvalue weighted by Gasteiger charge is 2.17. The second-order valence-corrected chi connectivity index (χ2v) is 4.45. The number of aryl methyl sites for hydroxylation is 1. The summed E-state index contributed by atoms with van der Waals surface area (Å²) in [5.74, 6) is 0.209. The molecule has 0 radical (unpaired) electrons. The number of nitrogens with one attached hydrogen (secondary N) is 1. The fourth-order valence-corrected chi connectivity index (χ4v) is 2.07.